The van der Waals surface area contributed by atoms with Crippen LogP contribution in [0.15, 0.2) is 70.6 Å². The highest BCUT2D eigenvalue weighted by Crippen LogP contribution is 2.46. The van der Waals surface area contributed by atoms with E-state index in [2.05, 4.69) is 17.1 Å². The first-order valence-electron chi connectivity index (χ1n) is 14.1. The summed E-state index contributed by atoms with van der Waals surface area (Å²) in [6.07, 6.45) is 1.81. The summed E-state index contributed by atoms with van der Waals surface area (Å²) in [6.45, 7) is 4.73. The van der Waals surface area contributed by atoms with E-state index < -0.39 is 29.3 Å². The lowest BCUT2D eigenvalue weighted by Crippen LogP contribution is -2.29. The molecule has 13 heteroatoms. The number of halogens is 3. The van der Waals surface area contributed by atoms with Crippen molar-refractivity contribution >= 4 is 68.9 Å². The van der Waals surface area contributed by atoms with Gasteiger partial charge in [-0.1, -0.05) is 71.8 Å². The Morgan fingerprint density at radius 2 is 1.80 bits per heavy atom. The van der Waals surface area contributed by atoms with E-state index in [1.54, 1.807) is 30.3 Å². The average molecular weight is 689 g/mol. The molecule has 1 fully saturated rings. The molecule has 1 aromatic heterocycles. The van der Waals surface area contributed by atoms with Crippen molar-refractivity contribution in [3.05, 3.63) is 98.8 Å². The smallest absolute Gasteiger partial charge is 0.301 e. The van der Waals surface area contributed by atoms with Crippen molar-refractivity contribution in [3.63, 3.8) is 0 Å². The molecule has 1 N–H and O–H groups in total. The maximum absolute atomic E-state index is 13.7. The van der Waals surface area contributed by atoms with Gasteiger partial charge in [0.2, 0.25) is 5.13 Å². The van der Waals surface area contributed by atoms with Crippen molar-refractivity contribution in [2.45, 2.75) is 42.8 Å². The second kappa shape index (κ2) is 14.6. The monoisotopic (exact) mass is 687 g/mol. The minimum Gasteiger partial charge on any atom is -0.507 e. The summed E-state index contributed by atoms with van der Waals surface area (Å²) < 4.78 is 26.0. The van der Waals surface area contributed by atoms with Crippen LogP contribution in [0, 0.1) is 5.82 Å². The number of amides is 1. The van der Waals surface area contributed by atoms with E-state index in [0.717, 1.165) is 41.9 Å². The molecule has 0 aliphatic carbocycles. The largest absolute Gasteiger partial charge is 0.507 e. The highest BCUT2D eigenvalue weighted by molar-refractivity contribution is 8.00. The standard InChI is InChI=1S/C32H28Cl2FN3O5S2/c1-3-5-14-43-24-13-9-19(15-25(24)42-4-2)27-26(28(39)18-7-11-22(35)12-8-18)29(40)30(41)38(27)31-36-37-32(45-31)44-17-20-6-10-21(33)16-23(20)34/h6-13,15-16,27,39H,3-5,14,17H2,1-2H3/b28-26+. The number of hydrogen-bond donors (Lipinski definition) is 1. The van der Waals surface area contributed by atoms with Crippen molar-refractivity contribution in [3.8, 4) is 11.5 Å². The molecule has 0 radical (unpaired) electrons. The third-order valence-electron chi connectivity index (χ3n) is 6.87. The van der Waals surface area contributed by atoms with Crippen molar-refractivity contribution in [2.24, 2.45) is 0 Å². The van der Waals surface area contributed by atoms with E-state index in [9.17, 15) is 19.1 Å². The summed E-state index contributed by atoms with van der Waals surface area (Å²) in [7, 11) is 0. The van der Waals surface area contributed by atoms with E-state index >= 15 is 0 Å². The van der Waals surface area contributed by atoms with Crippen molar-refractivity contribution in [1.29, 1.82) is 0 Å². The van der Waals surface area contributed by atoms with Gasteiger partial charge in [-0.2, -0.15) is 0 Å². The zero-order valence-corrected chi connectivity index (χ0v) is 27.4. The second-order valence-corrected chi connectivity index (χ2v) is 12.9. The van der Waals surface area contributed by atoms with Gasteiger partial charge in [-0.05, 0) is 73.0 Å². The molecule has 1 aliphatic heterocycles. The number of unbranched alkanes of at least 4 members (excludes halogenated alkanes) is 1. The highest BCUT2D eigenvalue weighted by Gasteiger charge is 2.48. The van der Waals surface area contributed by atoms with Crippen LogP contribution in [-0.2, 0) is 15.3 Å². The third kappa shape index (κ3) is 7.27. The predicted molar refractivity (Wildman–Crippen MR) is 175 cm³/mol. The quantitative estimate of drug-likeness (QED) is 0.0395. The Morgan fingerprint density at radius 1 is 1.02 bits per heavy atom. The molecule has 0 saturated carbocycles. The number of carbonyl (C=O) groups excluding carboxylic acids is 2. The number of ether oxygens (including phenoxy) is 2. The van der Waals surface area contributed by atoms with Crippen LogP contribution in [0.25, 0.3) is 5.76 Å². The number of Topliss-reactive ketones (excluding diaryl/α,β-unsaturated/α-hetero) is 1. The second-order valence-electron chi connectivity index (χ2n) is 9.89. The molecule has 0 spiro atoms. The minimum atomic E-state index is -1.09. The molecular weight excluding hydrogens is 660 g/mol. The van der Waals surface area contributed by atoms with Gasteiger partial charge in [0.15, 0.2) is 15.8 Å². The van der Waals surface area contributed by atoms with Crippen LogP contribution in [-0.4, -0.2) is 40.2 Å². The molecule has 0 bridgehead atoms. The number of nitrogens with zero attached hydrogens (tertiary/aromatic N) is 3. The Morgan fingerprint density at radius 3 is 2.51 bits per heavy atom. The lowest BCUT2D eigenvalue weighted by atomic mass is 9.95. The maximum atomic E-state index is 13.7. The normalized spacial score (nSPS) is 15.9. The van der Waals surface area contributed by atoms with E-state index in [1.807, 2.05) is 13.0 Å². The summed E-state index contributed by atoms with van der Waals surface area (Å²) in [5, 5.41) is 21.1. The Kier molecular flexibility index (Phi) is 10.7. The lowest BCUT2D eigenvalue weighted by Gasteiger charge is -2.23. The first kappa shape index (κ1) is 32.7. The van der Waals surface area contributed by atoms with E-state index in [1.165, 1.54) is 28.8 Å². The highest BCUT2D eigenvalue weighted by atomic mass is 35.5. The number of ketones is 1. The summed E-state index contributed by atoms with van der Waals surface area (Å²) in [6, 6.07) is 14.2. The summed E-state index contributed by atoms with van der Waals surface area (Å²) >= 11 is 14.8. The summed E-state index contributed by atoms with van der Waals surface area (Å²) in [5.74, 6) is -1.36. The summed E-state index contributed by atoms with van der Waals surface area (Å²) in [5.41, 5.74) is 1.32. The molecule has 3 aromatic carbocycles. The zero-order chi connectivity index (χ0) is 32.1. The van der Waals surface area contributed by atoms with Gasteiger partial charge in [0, 0.05) is 21.4 Å². The fourth-order valence-electron chi connectivity index (χ4n) is 4.65. The SMILES string of the molecule is CCCCOc1ccc(C2/C(=C(\O)c3ccc(F)cc3)C(=O)C(=O)N2c2nnc(SCc3ccc(Cl)cc3Cl)s2)cc1OCC. The fourth-order valence-corrected chi connectivity index (χ4v) is 7.08. The third-order valence-corrected chi connectivity index (χ3v) is 9.56. The van der Waals surface area contributed by atoms with Crippen LogP contribution in [0.1, 0.15) is 49.4 Å². The van der Waals surface area contributed by atoms with Gasteiger partial charge in [-0.25, -0.2) is 4.39 Å². The van der Waals surface area contributed by atoms with Gasteiger partial charge in [0.05, 0.1) is 24.8 Å². The lowest BCUT2D eigenvalue weighted by molar-refractivity contribution is -0.132. The van der Waals surface area contributed by atoms with Gasteiger partial charge in [-0.15, -0.1) is 10.2 Å². The van der Waals surface area contributed by atoms with Crippen molar-refractivity contribution in [1.82, 2.24) is 10.2 Å². The molecule has 4 aromatic rings. The number of thioether (sulfide) groups is 1. The molecule has 2 heterocycles. The molecule has 1 atom stereocenters. The Bertz CT molecular complexity index is 1750. The first-order valence-corrected chi connectivity index (χ1v) is 16.6. The Balaban J connectivity index is 1.56. The van der Waals surface area contributed by atoms with E-state index in [-0.39, 0.29) is 16.3 Å². The number of aliphatic hydroxyl groups excluding tert-OH is 1. The topological polar surface area (TPSA) is 102 Å². The van der Waals surface area contributed by atoms with Gasteiger partial charge in [0.1, 0.15) is 11.6 Å². The number of carbonyl (C=O) groups is 2. The number of benzene rings is 3. The molecular formula is C32H28Cl2FN3O5S2. The van der Waals surface area contributed by atoms with Crippen LogP contribution < -0.4 is 14.4 Å². The molecule has 1 saturated heterocycles. The van der Waals surface area contributed by atoms with Crippen LogP contribution in [0.5, 0.6) is 11.5 Å². The molecule has 1 amide bonds. The average Bonchev–Trinajstić information content (AvgIpc) is 3.59. The van der Waals surface area contributed by atoms with Crippen LogP contribution in [0.4, 0.5) is 9.52 Å². The number of anilines is 1. The fraction of sp³-hybridized carbons (Fsp3) is 0.250. The van der Waals surface area contributed by atoms with Gasteiger partial charge in [-0.3, -0.25) is 14.5 Å². The molecule has 1 unspecified atom stereocenters. The molecule has 1 aliphatic rings. The van der Waals surface area contributed by atoms with Gasteiger partial charge < -0.3 is 14.6 Å². The Hall–Kier alpha value is -3.64. The minimum absolute atomic E-state index is 0.159. The van der Waals surface area contributed by atoms with Crippen molar-refractivity contribution < 1.29 is 28.6 Å². The van der Waals surface area contributed by atoms with Crippen LogP contribution >= 0.6 is 46.3 Å². The number of aromatic nitrogens is 2. The van der Waals surface area contributed by atoms with Gasteiger partial charge >= 0.3 is 5.91 Å². The number of aliphatic hydroxyl groups is 1. The predicted octanol–water partition coefficient (Wildman–Crippen LogP) is 8.48. The first-order chi connectivity index (χ1) is 21.7. The molecule has 8 nitrogen and oxygen atoms in total. The maximum Gasteiger partial charge on any atom is 0.301 e. The zero-order valence-electron chi connectivity index (χ0n) is 24.3. The Labute approximate surface area is 277 Å². The van der Waals surface area contributed by atoms with Crippen LogP contribution in [0.2, 0.25) is 10.0 Å². The molecule has 234 valence electrons. The number of hydrogen-bond acceptors (Lipinski definition) is 9. The summed E-state index contributed by atoms with van der Waals surface area (Å²) in [4.78, 5) is 28.4. The van der Waals surface area contributed by atoms with Crippen molar-refractivity contribution in [2.75, 3.05) is 18.1 Å². The van der Waals surface area contributed by atoms with Gasteiger partial charge in [0.25, 0.3) is 5.78 Å². The van der Waals surface area contributed by atoms with E-state index in [0.29, 0.717) is 50.4 Å². The molecule has 45 heavy (non-hydrogen) atoms. The van der Waals surface area contributed by atoms with E-state index in [4.69, 9.17) is 32.7 Å². The van der Waals surface area contributed by atoms with Crippen LogP contribution in [0.3, 0.4) is 0 Å². The number of rotatable bonds is 12. The molecule has 5 rings (SSSR count).